The number of benzene rings is 1. The molecule has 0 aliphatic carbocycles. The summed E-state index contributed by atoms with van der Waals surface area (Å²) in [5.41, 5.74) is 1.68. The first-order valence-corrected chi connectivity index (χ1v) is 7.30. The first kappa shape index (κ1) is 14.7. The molecule has 0 saturated carbocycles. The molecule has 4 nitrogen and oxygen atoms in total. The molecule has 0 aliphatic rings. The molecule has 1 aromatic carbocycles. The molecule has 0 saturated heterocycles. The molecule has 2 rings (SSSR count). The van der Waals surface area contributed by atoms with Gasteiger partial charge in [-0.3, -0.25) is 10.1 Å². The second-order valence-corrected chi connectivity index (χ2v) is 5.86. The first-order valence-electron chi connectivity index (χ1n) is 6.05. The Hall–Kier alpha value is -1.72. The molecule has 0 aliphatic heterocycles. The molecule has 0 radical (unpaired) electrons. The van der Waals surface area contributed by atoms with Gasteiger partial charge >= 0.3 is 0 Å². The predicted molar refractivity (Wildman–Crippen MR) is 83.2 cm³/mol. The number of thiazole rings is 1. The lowest BCUT2D eigenvalue weighted by Gasteiger charge is -1.98. The van der Waals surface area contributed by atoms with Gasteiger partial charge in [-0.2, -0.15) is 0 Å². The molecule has 104 valence electrons. The molecule has 1 aromatic heterocycles. The van der Waals surface area contributed by atoms with Gasteiger partial charge in [0.25, 0.3) is 5.69 Å². The summed E-state index contributed by atoms with van der Waals surface area (Å²) in [6, 6.07) is 4.37. The summed E-state index contributed by atoms with van der Waals surface area (Å²) >= 11 is 7.57. The summed E-state index contributed by atoms with van der Waals surface area (Å²) in [5, 5.41) is 14.1. The maximum absolute atomic E-state index is 10.7. The van der Waals surface area contributed by atoms with Gasteiger partial charge in [0.1, 0.15) is 5.01 Å². The van der Waals surface area contributed by atoms with E-state index in [0.717, 1.165) is 10.7 Å². The molecule has 20 heavy (non-hydrogen) atoms. The Kier molecular flexibility index (Phi) is 4.52. The summed E-state index contributed by atoms with van der Waals surface area (Å²) < 4.78 is 0. The molecular weight excluding hydrogens is 296 g/mol. The van der Waals surface area contributed by atoms with E-state index in [1.54, 1.807) is 6.08 Å². The second kappa shape index (κ2) is 6.15. The van der Waals surface area contributed by atoms with Crippen molar-refractivity contribution >= 4 is 40.8 Å². The highest BCUT2D eigenvalue weighted by Crippen LogP contribution is 2.25. The van der Waals surface area contributed by atoms with Crippen molar-refractivity contribution in [2.75, 3.05) is 0 Å². The van der Waals surface area contributed by atoms with Crippen LogP contribution in [-0.4, -0.2) is 9.91 Å². The van der Waals surface area contributed by atoms with Crippen molar-refractivity contribution in [3.05, 3.63) is 55.0 Å². The molecule has 0 atom stereocenters. The Labute approximate surface area is 125 Å². The zero-order chi connectivity index (χ0) is 14.7. The third-order valence-electron chi connectivity index (χ3n) is 2.73. The number of nitrogens with zero attached hydrogens (tertiary/aromatic N) is 2. The number of non-ortho nitro benzene ring substituents is 1. The van der Waals surface area contributed by atoms with Crippen molar-refractivity contribution in [3.8, 4) is 0 Å². The number of nitro groups is 1. The fourth-order valence-electron chi connectivity index (χ4n) is 1.58. The SMILES string of the molecule is CC(C)c1csc(C=Cc2cc([N+](=O)[O-])ccc2Cl)n1. The largest absolute Gasteiger partial charge is 0.270 e. The van der Waals surface area contributed by atoms with Gasteiger partial charge in [-0.25, -0.2) is 4.98 Å². The Bertz CT molecular complexity index is 665. The second-order valence-electron chi connectivity index (χ2n) is 4.56. The maximum Gasteiger partial charge on any atom is 0.270 e. The van der Waals surface area contributed by atoms with Crippen LogP contribution in [0.1, 0.15) is 36.0 Å². The highest BCUT2D eigenvalue weighted by Gasteiger charge is 2.08. The van der Waals surface area contributed by atoms with Crippen LogP contribution in [0.15, 0.2) is 23.6 Å². The van der Waals surface area contributed by atoms with Crippen LogP contribution >= 0.6 is 22.9 Å². The Morgan fingerprint density at radius 3 is 2.75 bits per heavy atom. The van der Waals surface area contributed by atoms with Crippen LogP contribution in [0.5, 0.6) is 0 Å². The van der Waals surface area contributed by atoms with Crippen LogP contribution in [0.3, 0.4) is 0 Å². The van der Waals surface area contributed by atoms with E-state index in [4.69, 9.17) is 11.6 Å². The highest BCUT2D eigenvalue weighted by atomic mass is 35.5. The summed E-state index contributed by atoms with van der Waals surface area (Å²) in [7, 11) is 0. The minimum Gasteiger partial charge on any atom is -0.258 e. The lowest BCUT2D eigenvalue weighted by Crippen LogP contribution is -1.88. The van der Waals surface area contributed by atoms with Gasteiger partial charge < -0.3 is 0 Å². The van der Waals surface area contributed by atoms with Gasteiger partial charge in [-0.1, -0.05) is 31.5 Å². The van der Waals surface area contributed by atoms with E-state index >= 15 is 0 Å². The predicted octanol–water partition coefficient (Wildman–Crippen LogP) is 5.00. The summed E-state index contributed by atoms with van der Waals surface area (Å²) in [5.74, 6) is 0.384. The van der Waals surface area contributed by atoms with Gasteiger partial charge in [0.2, 0.25) is 0 Å². The number of nitro benzene ring substituents is 1. The minimum absolute atomic E-state index is 0.0241. The fraction of sp³-hybridized carbons (Fsp3) is 0.214. The fourth-order valence-corrected chi connectivity index (χ4v) is 2.63. The Morgan fingerprint density at radius 2 is 2.15 bits per heavy atom. The van der Waals surface area contributed by atoms with Crippen molar-refractivity contribution in [1.29, 1.82) is 0 Å². The summed E-state index contributed by atoms with van der Waals surface area (Å²) in [6.07, 6.45) is 3.57. The van der Waals surface area contributed by atoms with Crippen LogP contribution in [0.25, 0.3) is 12.2 Å². The van der Waals surface area contributed by atoms with Crippen LogP contribution in [-0.2, 0) is 0 Å². The quantitative estimate of drug-likeness (QED) is 0.590. The zero-order valence-corrected chi connectivity index (χ0v) is 12.6. The van der Waals surface area contributed by atoms with Crippen molar-refractivity contribution in [1.82, 2.24) is 4.98 Å². The van der Waals surface area contributed by atoms with Gasteiger partial charge in [-0.15, -0.1) is 11.3 Å². The molecule has 0 unspecified atom stereocenters. The molecule has 2 aromatic rings. The standard InChI is InChI=1S/C14H13ClN2O2S/c1-9(2)13-8-20-14(16-13)6-3-10-7-11(17(18)19)4-5-12(10)15/h3-9H,1-2H3. The lowest BCUT2D eigenvalue weighted by molar-refractivity contribution is -0.384. The highest BCUT2D eigenvalue weighted by molar-refractivity contribution is 7.10. The van der Waals surface area contributed by atoms with Crippen molar-refractivity contribution in [2.24, 2.45) is 0 Å². The van der Waals surface area contributed by atoms with Crippen LogP contribution in [0.4, 0.5) is 5.69 Å². The number of aromatic nitrogens is 1. The molecule has 0 bridgehead atoms. The van der Waals surface area contributed by atoms with E-state index in [-0.39, 0.29) is 5.69 Å². The Balaban J connectivity index is 2.26. The van der Waals surface area contributed by atoms with E-state index in [1.165, 1.54) is 29.5 Å². The number of halogens is 1. The van der Waals surface area contributed by atoms with Gasteiger partial charge in [-0.05, 0) is 23.6 Å². The van der Waals surface area contributed by atoms with Gasteiger partial charge in [0.15, 0.2) is 0 Å². The average molecular weight is 309 g/mol. The first-order chi connectivity index (χ1) is 9.47. The normalized spacial score (nSPS) is 11.4. The molecule has 0 spiro atoms. The molecule has 0 N–H and O–H groups in total. The molecule has 6 heteroatoms. The Morgan fingerprint density at radius 1 is 1.40 bits per heavy atom. The van der Waals surface area contributed by atoms with Crippen LogP contribution < -0.4 is 0 Å². The topological polar surface area (TPSA) is 56.0 Å². The van der Waals surface area contributed by atoms with Crippen molar-refractivity contribution in [2.45, 2.75) is 19.8 Å². The van der Waals surface area contributed by atoms with E-state index in [0.29, 0.717) is 16.5 Å². The van der Waals surface area contributed by atoms with Crippen LogP contribution in [0, 0.1) is 10.1 Å². The summed E-state index contributed by atoms with van der Waals surface area (Å²) in [6.45, 7) is 4.17. The molecule has 0 fully saturated rings. The maximum atomic E-state index is 10.7. The third-order valence-corrected chi connectivity index (χ3v) is 3.90. The van der Waals surface area contributed by atoms with E-state index in [2.05, 4.69) is 18.8 Å². The number of hydrogen-bond acceptors (Lipinski definition) is 4. The lowest BCUT2D eigenvalue weighted by atomic mass is 10.2. The monoisotopic (exact) mass is 308 g/mol. The third kappa shape index (κ3) is 3.43. The number of hydrogen-bond donors (Lipinski definition) is 0. The minimum atomic E-state index is -0.437. The number of rotatable bonds is 4. The average Bonchev–Trinajstić information content (AvgIpc) is 2.86. The summed E-state index contributed by atoms with van der Waals surface area (Å²) in [4.78, 5) is 14.8. The van der Waals surface area contributed by atoms with Gasteiger partial charge in [0.05, 0.1) is 10.6 Å². The van der Waals surface area contributed by atoms with Crippen LogP contribution in [0.2, 0.25) is 5.02 Å². The smallest absolute Gasteiger partial charge is 0.258 e. The van der Waals surface area contributed by atoms with Gasteiger partial charge in [0, 0.05) is 22.5 Å². The van der Waals surface area contributed by atoms with E-state index in [1.807, 2.05) is 11.5 Å². The zero-order valence-electron chi connectivity index (χ0n) is 11.0. The van der Waals surface area contributed by atoms with E-state index < -0.39 is 4.92 Å². The molecule has 0 amide bonds. The molecular formula is C14H13ClN2O2S. The van der Waals surface area contributed by atoms with Crippen molar-refractivity contribution in [3.63, 3.8) is 0 Å². The molecule has 1 heterocycles. The van der Waals surface area contributed by atoms with Crippen molar-refractivity contribution < 1.29 is 4.92 Å². The van der Waals surface area contributed by atoms with E-state index in [9.17, 15) is 10.1 Å².